The maximum absolute atomic E-state index is 6.43. The van der Waals surface area contributed by atoms with Crippen LogP contribution in [0, 0.1) is 6.92 Å². The van der Waals surface area contributed by atoms with Gasteiger partial charge in [-0.2, -0.15) is 0 Å². The Hall–Kier alpha value is -3.55. The predicted molar refractivity (Wildman–Crippen MR) is 141 cm³/mol. The zero-order chi connectivity index (χ0) is 24.5. The fourth-order valence-electron chi connectivity index (χ4n) is 4.30. The van der Waals surface area contributed by atoms with Gasteiger partial charge < -0.3 is 24.1 Å². The molecule has 0 bridgehead atoms. The summed E-state index contributed by atoms with van der Waals surface area (Å²) in [5, 5.41) is 4.68. The van der Waals surface area contributed by atoms with E-state index in [2.05, 4.69) is 10.3 Å². The van der Waals surface area contributed by atoms with Crippen LogP contribution in [0.1, 0.15) is 29.1 Å². The first kappa shape index (κ1) is 23.2. The monoisotopic (exact) mass is 505 g/mol. The summed E-state index contributed by atoms with van der Waals surface area (Å²) in [6.07, 6.45) is 1.77. The summed E-state index contributed by atoms with van der Waals surface area (Å²) >= 11 is 12.2. The van der Waals surface area contributed by atoms with Gasteiger partial charge in [0.15, 0.2) is 5.11 Å². The molecular weight excluding hydrogens is 482 g/mol. The van der Waals surface area contributed by atoms with Crippen LogP contribution in [-0.4, -0.2) is 24.3 Å². The molecule has 1 aliphatic rings. The predicted octanol–water partition coefficient (Wildman–Crippen LogP) is 6.50. The van der Waals surface area contributed by atoms with E-state index in [1.807, 2.05) is 78.6 Å². The zero-order valence-electron chi connectivity index (χ0n) is 19.5. The van der Waals surface area contributed by atoms with Gasteiger partial charge in [0.2, 0.25) is 0 Å². The SMILES string of the molecule is COc1ccc(N2C(=S)N[C@@H](c3ccccn3)[C@@H]2c2ccc(-c3ccc(C)c(Cl)c3)o2)c(OC)c1. The normalized spacial score (nSPS) is 17.4. The second-order valence-corrected chi connectivity index (χ2v) is 8.99. The van der Waals surface area contributed by atoms with Crippen molar-refractivity contribution in [3.8, 4) is 22.8 Å². The number of anilines is 1. The lowest BCUT2D eigenvalue weighted by Gasteiger charge is -2.27. The molecule has 1 N–H and O–H groups in total. The smallest absolute Gasteiger partial charge is 0.174 e. The molecule has 8 heteroatoms. The van der Waals surface area contributed by atoms with Gasteiger partial charge in [0, 0.05) is 22.8 Å². The molecule has 4 aromatic rings. The number of methoxy groups -OCH3 is 2. The second-order valence-electron chi connectivity index (χ2n) is 8.20. The van der Waals surface area contributed by atoms with Crippen LogP contribution in [-0.2, 0) is 0 Å². The van der Waals surface area contributed by atoms with Crippen molar-refractivity contribution in [1.82, 2.24) is 10.3 Å². The number of furan rings is 1. The minimum Gasteiger partial charge on any atom is -0.497 e. The molecule has 3 heterocycles. The Morgan fingerprint density at radius 3 is 2.60 bits per heavy atom. The first-order chi connectivity index (χ1) is 17.0. The molecule has 0 saturated carbocycles. The van der Waals surface area contributed by atoms with Gasteiger partial charge in [-0.3, -0.25) is 4.98 Å². The highest BCUT2D eigenvalue weighted by atomic mass is 35.5. The standard InChI is InChI=1S/C27H24ClN3O3S/c1-16-7-8-17(14-19(16)28)22-11-12-23(34-22)26-25(20-6-4-5-13-29-20)30-27(35)31(26)21-10-9-18(32-2)15-24(21)33-3/h4-15,25-26H,1-3H3,(H,30,35)/t25-,26-/m0/s1. The summed E-state index contributed by atoms with van der Waals surface area (Å²) in [5.41, 5.74) is 3.57. The maximum atomic E-state index is 6.43. The van der Waals surface area contributed by atoms with E-state index in [9.17, 15) is 0 Å². The van der Waals surface area contributed by atoms with Crippen molar-refractivity contribution in [2.24, 2.45) is 0 Å². The van der Waals surface area contributed by atoms with Crippen molar-refractivity contribution in [3.05, 3.63) is 95.0 Å². The third-order valence-electron chi connectivity index (χ3n) is 6.12. The Balaban J connectivity index is 1.62. The lowest BCUT2D eigenvalue weighted by atomic mass is 10.0. The number of nitrogens with zero attached hydrogens (tertiary/aromatic N) is 2. The molecule has 35 heavy (non-hydrogen) atoms. The van der Waals surface area contributed by atoms with E-state index in [0.717, 1.165) is 34.0 Å². The number of aromatic nitrogens is 1. The van der Waals surface area contributed by atoms with Gasteiger partial charge in [0.25, 0.3) is 0 Å². The van der Waals surface area contributed by atoms with Crippen molar-refractivity contribution in [2.45, 2.75) is 19.0 Å². The van der Waals surface area contributed by atoms with Crippen LogP contribution in [0.2, 0.25) is 5.02 Å². The van der Waals surface area contributed by atoms with E-state index >= 15 is 0 Å². The molecule has 178 valence electrons. The van der Waals surface area contributed by atoms with Gasteiger partial charge in [0.1, 0.15) is 29.1 Å². The Morgan fingerprint density at radius 2 is 1.89 bits per heavy atom. The van der Waals surface area contributed by atoms with Crippen molar-refractivity contribution < 1.29 is 13.9 Å². The largest absolute Gasteiger partial charge is 0.497 e. The molecule has 0 aliphatic carbocycles. The topological polar surface area (TPSA) is 59.8 Å². The van der Waals surface area contributed by atoms with E-state index in [0.29, 0.717) is 21.6 Å². The van der Waals surface area contributed by atoms with Gasteiger partial charge in [0.05, 0.1) is 31.6 Å². The van der Waals surface area contributed by atoms with E-state index in [1.54, 1.807) is 20.4 Å². The van der Waals surface area contributed by atoms with Crippen molar-refractivity contribution in [2.75, 3.05) is 19.1 Å². The van der Waals surface area contributed by atoms with Gasteiger partial charge >= 0.3 is 0 Å². The summed E-state index contributed by atoms with van der Waals surface area (Å²) in [5.74, 6) is 2.79. The van der Waals surface area contributed by atoms with Gasteiger partial charge in [-0.25, -0.2) is 0 Å². The molecule has 1 aliphatic heterocycles. The fourth-order valence-corrected chi connectivity index (χ4v) is 4.82. The molecule has 1 saturated heterocycles. The van der Waals surface area contributed by atoms with Crippen LogP contribution in [0.4, 0.5) is 5.69 Å². The minimum atomic E-state index is -0.311. The number of halogens is 1. The van der Waals surface area contributed by atoms with E-state index in [4.69, 9.17) is 37.7 Å². The molecule has 0 unspecified atom stereocenters. The first-order valence-electron chi connectivity index (χ1n) is 11.1. The van der Waals surface area contributed by atoms with Crippen LogP contribution in [0.25, 0.3) is 11.3 Å². The average molecular weight is 506 g/mol. The number of rotatable bonds is 6. The lowest BCUT2D eigenvalue weighted by molar-refractivity contribution is 0.392. The van der Waals surface area contributed by atoms with E-state index in [-0.39, 0.29) is 12.1 Å². The number of thiocarbonyl (C=S) groups is 1. The molecule has 0 amide bonds. The Labute approximate surface area is 214 Å². The van der Waals surface area contributed by atoms with Crippen LogP contribution in [0.15, 0.2) is 77.3 Å². The molecule has 2 aromatic heterocycles. The number of hydrogen-bond acceptors (Lipinski definition) is 5. The molecule has 1 fully saturated rings. The molecule has 2 aromatic carbocycles. The molecule has 5 rings (SSSR count). The molecular formula is C27H24ClN3O3S. The van der Waals surface area contributed by atoms with E-state index < -0.39 is 0 Å². The van der Waals surface area contributed by atoms with E-state index in [1.165, 1.54) is 0 Å². The number of aryl methyl sites for hydroxylation is 1. The Morgan fingerprint density at radius 1 is 1.03 bits per heavy atom. The minimum absolute atomic E-state index is 0.240. The molecule has 0 spiro atoms. The molecule has 6 nitrogen and oxygen atoms in total. The van der Waals surface area contributed by atoms with Crippen molar-refractivity contribution in [1.29, 1.82) is 0 Å². The third kappa shape index (κ3) is 4.33. The van der Waals surface area contributed by atoms with Crippen LogP contribution < -0.4 is 19.7 Å². The second kappa shape index (κ2) is 9.60. The van der Waals surface area contributed by atoms with Crippen molar-refractivity contribution >= 4 is 34.6 Å². The highest BCUT2D eigenvalue weighted by molar-refractivity contribution is 7.80. The van der Waals surface area contributed by atoms with Crippen molar-refractivity contribution in [3.63, 3.8) is 0 Å². The fraction of sp³-hybridized carbons (Fsp3) is 0.185. The number of ether oxygens (including phenoxy) is 2. The highest BCUT2D eigenvalue weighted by Crippen LogP contribution is 2.46. The zero-order valence-corrected chi connectivity index (χ0v) is 21.1. The summed E-state index contributed by atoms with van der Waals surface area (Å²) in [6, 6.07) is 20.8. The van der Waals surface area contributed by atoms with Crippen LogP contribution >= 0.6 is 23.8 Å². The number of nitrogens with one attached hydrogen (secondary N) is 1. The Kier molecular flexibility index (Phi) is 6.36. The van der Waals surface area contributed by atoms with Crippen LogP contribution in [0.3, 0.4) is 0 Å². The summed E-state index contributed by atoms with van der Waals surface area (Å²) in [7, 11) is 3.25. The van der Waals surface area contributed by atoms with Gasteiger partial charge in [-0.1, -0.05) is 29.8 Å². The quantitative estimate of drug-likeness (QED) is 0.300. The third-order valence-corrected chi connectivity index (χ3v) is 6.84. The molecule has 2 atom stereocenters. The number of hydrogen-bond donors (Lipinski definition) is 1. The highest BCUT2D eigenvalue weighted by Gasteiger charge is 2.43. The number of benzene rings is 2. The molecule has 0 radical (unpaired) electrons. The average Bonchev–Trinajstić information content (AvgIpc) is 3.50. The summed E-state index contributed by atoms with van der Waals surface area (Å²) < 4.78 is 17.5. The first-order valence-corrected chi connectivity index (χ1v) is 11.9. The van der Waals surface area contributed by atoms with Crippen LogP contribution in [0.5, 0.6) is 11.5 Å². The Bertz CT molecular complexity index is 1380. The summed E-state index contributed by atoms with van der Waals surface area (Å²) in [6.45, 7) is 1.97. The van der Waals surface area contributed by atoms with Gasteiger partial charge in [-0.05, 0) is 67.2 Å². The maximum Gasteiger partial charge on any atom is 0.174 e. The number of pyridine rings is 1. The van der Waals surface area contributed by atoms with Gasteiger partial charge in [-0.15, -0.1) is 0 Å². The lowest BCUT2D eigenvalue weighted by Crippen LogP contribution is -2.29. The summed E-state index contributed by atoms with van der Waals surface area (Å²) in [4.78, 5) is 6.61.